The van der Waals surface area contributed by atoms with Crippen molar-refractivity contribution in [3.63, 3.8) is 0 Å². The van der Waals surface area contributed by atoms with Gasteiger partial charge in [0, 0.05) is 6.20 Å². The molecule has 1 heterocycles. The summed E-state index contributed by atoms with van der Waals surface area (Å²) in [6.07, 6.45) is 8.18. The molecule has 0 bridgehead atoms. The first-order valence-corrected chi connectivity index (χ1v) is 8.34. The number of rotatable bonds is 10. The van der Waals surface area contributed by atoms with Crippen molar-refractivity contribution in [3.8, 4) is 11.5 Å². The van der Waals surface area contributed by atoms with Crippen LogP contribution in [-0.2, 0) is 0 Å². The minimum absolute atomic E-state index is 0.702. The van der Waals surface area contributed by atoms with Gasteiger partial charge in [-0.15, -0.1) is 0 Å². The summed E-state index contributed by atoms with van der Waals surface area (Å²) in [6, 6.07) is 11.4. The average Bonchev–Trinajstić information content (AvgIpc) is 2.63. The topological polar surface area (TPSA) is 55.7 Å². The van der Waals surface area contributed by atoms with Gasteiger partial charge in [0.1, 0.15) is 5.82 Å². The second-order valence-corrected chi connectivity index (χ2v) is 5.40. The number of pyridine rings is 1. The zero-order valence-corrected chi connectivity index (χ0v) is 14.4. The Morgan fingerprint density at radius 1 is 1.12 bits per heavy atom. The highest BCUT2D eigenvalue weighted by Gasteiger charge is 2.05. The van der Waals surface area contributed by atoms with Crippen molar-refractivity contribution in [3.05, 3.63) is 48.2 Å². The molecule has 5 heteroatoms. The van der Waals surface area contributed by atoms with E-state index in [2.05, 4.69) is 22.4 Å². The fraction of sp³-hybridized carbons (Fsp3) is 0.368. The van der Waals surface area contributed by atoms with Crippen LogP contribution in [0.1, 0.15) is 38.2 Å². The zero-order valence-electron chi connectivity index (χ0n) is 14.4. The molecule has 0 amide bonds. The van der Waals surface area contributed by atoms with Crippen LogP contribution in [0.5, 0.6) is 11.5 Å². The van der Waals surface area contributed by atoms with Crippen molar-refractivity contribution in [2.75, 3.05) is 19.1 Å². The third kappa shape index (κ3) is 5.91. The lowest BCUT2D eigenvalue weighted by Gasteiger charge is -2.11. The molecule has 1 aromatic heterocycles. The molecule has 0 saturated heterocycles. The van der Waals surface area contributed by atoms with Crippen LogP contribution in [0.3, 0.4) is 0 Å². The van der Waals surface area contributed by atoms with Gasteiger partial charge >= 0.3 is 0 Å². The molecule has 0 aliphatic heterocycles. The molecule has 2 aromatic rings. The van der Waals surface area contributed by atoms with Gasteiger partial charge in [-0.3, -0.25) is 5.43 Å². The van der Waals surface area contributed by atoms with Crippen molar-refractivity contribution < 1.29 is 9.47 Å². The fourth-order valence-corrected chi connectivity index (χ4v) is 2.20. The van der Waals surface area contributed by atoms with E-state index < -0.39 is 0 Å². The maximum Gasteiger partial charge on any atom is 0.161 e. The summed E-state index contributed by atoms with van der Waals surface area (Å²) < 4.78 is 11.2. The van der Waals surface area contributed by atoms with Crippen LogP contribution in [0.4, 0.5) is 5.82 Å². The lowest BCUT2D eigenvalue weighted by Crippen LogP contribution is -2.00. The van der Waals surface area contributed by atoms with Gasteiger partial charge in [0.25, 0.3) is 0 Å². The van der Waals surface area contributed by atoms with Gasteiger partial charge in [0.05, 0.1) is 19.9 Å². The van der Waals surface area contributed by atoms with Gasteiger partial charge in [-0.25, -0.2) is 4.98 Å². The average molecular weight is 327 g/mol. The zero-order chi connectivity index (χ0) is 17.0. The number of anilines is 1. The third-order valence-electron chi connectivity index (χ3n) is 3.50. The number of hydrogen-bond acceptors (Lipinski definition) is 5. The molecule has 0 saturated carbocycles. The summed E-state index contributed by atoms with van der Waals surface area (Å²) in [5.74, 6) is 2.18. The number of methoxy groups -OCH3 is 1. The fourth-order valence-electron chi connectivity index (χ4n) is 2.20. The minimum atomic E-state index is 0.702. The van der Waals surface area contributed by atoms with Crippen molar-refractivity contribution in [1.29, 1.82) is 0 Å². The molecule has 0 unspecified atom stereocenters. The summed E-state index contributed by atoms with van der Waals surface area (Å²) in [5, 5.41) is 4.18. The molecular formula is C19H25N3O2. The molecular weight excluding hydrogens is 302 g/mol. The largest absolute Gasteiger partial charge is 0.493 e. The quantitative estimate of drug-likeness (QED) is 0.397. The van der Waals surface area contributed by atoms with E-state index in [9.17, 15) is 0 Å². The lowest BCUT2D eigenvalue weighted by molar-refractivity contribution is 0.285. The van der Waals surface area contributed by atoms with E-state index >= 15 is 0 Å². The smallest absolute Gasteiger partial charge is 0.161 e. The van der Waals surface area contributed by atoms with Crippen molar-refractivity contribution in [2.24, 2.45) is 5.10 Å². The standard InChI is InChI=1S/C19H25N3O2/c1-3-4-5-8-13-24-17-11-10-16(14-18(17)23-2)15-21-22-19-9-6-7-12-20-19/h6-7,9-12,14-15H,3-5,8,13H2,1-2H3,(H,20,22)/b21-15+. The van der Waals surface area contributed by atoms with Crippen LogP contribution in [0.2, 0.25) is 0 Å². The number of ether oxygens (including phenoxy) is 2. The van der Waals surface area contributed by atoms with E-state index in [-0.39, 0.29) is 0 Å². The third-order valence-corrected chi connectivity index (χ3v) is 3.50. The van der Waals surface area contributed by atoms with Crippen molar-refractivity contribution in [2.45, 2.75) is 32.6 Å². The molecule has 0 aliphatic rings. The maximum absolute atomic E-state index is 5.81. The molecule has 1 aromatic carbocycles. The summed E-state index contributed by atoms with van der Waals surface area (Å²) in [6.45, 7) is 2.91. The highest BCUT2D eigenvalue weighted by Crippen LogP contribution is 2.27. The second-order valence-electron chi connectivity index (χ2n) is 5.40. The van der Waals surface area contributed by atoms with Crippen LogP contribution in [0.25, 0.3) is 0 Å². The number of hydrogen-bond donors (Lipinski definition) is 1. The van der Waals surface area contributed by atoms with Crippen molar-refractivity contribution in [1.82, 2.24) is 4.98 Å². The lowest BCUT2D eigenvalue weighted by atomic mass is 10.2. The number of hydrazone groups is 1. The van der Waals surface area contributed by atoms with Gasteiger partial charge < -0.3 is 9.47 Å². The molecule has 0 spiro atoms. The first-order chi connectivity index (χ1) is 11.8. The number of unbranched alkanes of at least 4 members (excludes halogenated alkanes) is 3. The van der Waals surface area contributed by atoms with Gasteiger partial charge in [-0.05, 0) is 42.3 Å². The molecule has 0 radical (unpaired) electrons. The first kappa shape index (κ1) is 17.8. The number of aromatic nitrogens is 1. The van der Waals surface area contributed by atoms with Crippen LogP contribution in [-0.4, -0.2) is 24.9 Å². The Labute approximate surface area is 143 Å². The van der Waals surface area contributed by atoms with E-state index in [1.165, 1.54) is 19.3 Å². The van der Waals surface area contributed by atoms with E-state index in [0.717, 1.165) is 17.7 Å². The minimum Gasteiger partial charge on any atom is -0.493 e. The summed E-state index contributed by atoms with van der Waals surface area (Å²) in [5.41, 5.74) is 3.81. The monoisotopic (exact) mass is 327 g/mol. The first-order valence-electron chi connectivity index (χ1n) is 8.34. The van der Waals surface area contributed by atoms with E-state index in [0.29, 0.717) is 18.2 Å². The molecule has 24 heavy (non-hydrogen) atoms. The van der Waals surface area contributed by atoms with Crippen LogP contribution >= 0.6 is 0 Å². The second kappa shape index (κ2) is 10.3. The predicted octanol–water partition coefficient (Wildman–Crippen LogP) is 4.50. The Hall–Kier alpha value is -2.56. The number of benzene rings is 1. The van der Waals surface area contributed by atoms with Crippen molar-refractivity contribution >= 4 is 12.0 Å². The Kier molecular flexibility index (Phi) is 7.60. The number of nitrogens with one attached hydrogen (secondary N) is 1. The van der Waals surface area contributed by atoms with Gasteiger partial charge in [0.2, 0.25) is 0 Å². The maximum atomic E-state index is 5.81. The molecule has 0 fully saturated rings. The van der Waals surface area contributed by atoms with Crippen LogP contribution in [0.15, 0.2) is 47.7 Å². The molecule has 2 rings (SSSR count). The molecule has 1 N–H and O–H groups in total. The summed E-state index contributed by atoms with van der Waals surface area (Å²) in [7, 11) is 1.65. The van der Waals surface area contributed by atoms with Gasteiger partial charge in [0.15, 0.2) is 11.5 Å². The van der Waals surface area contributed by atoms with E-state index in [1.807, 2.05) is 36.4 Å². The highest BCUT2D eigenvalue weighted by molar-refractivity contribution is 5.81. The number of nitrogens with zero attached hydrogens (tertiary/aromatic N) is 2. The van der Waals surface area contributed by atoms with Gasteiger partial charge in [-0.2, -0.15) is 5.10 Å². The summed E-state index contributed by atoms with van der Waals surface area (Å²) >= 11 is 0. The molecule has 128 valence electrons. The van der Waals surface area contributed by atoms with E-state index in [1.54, 1.807) is 19.5 Å². The van der Waals surface area contributed by atoms with Crippen LogP contribution in [0, 0.1) is 0 Å². The Morgan fingerprint density at radius 3 is 2.79 bits per heavy atom. The Balaban J connectivity index is 1.90. The Morgan fingerprint density at radius 2 is 2.04 bits per heavy atom. The Bertz CT molecular complexity index is 630. The SMILES string of the molecule is CCCCCCOc1ccc(/C=N/Nc2ccccn2)cc1OC. The molecule has 5 nitrogen and oxygen atoms in total. The van der Waals surface area contributed by atoms with Gasteiger partial charge in [-0.1, -0.05) is 32.3 Å². The summed E-state index contributed by atoms with van der Waals surface area (Å²) in [4.78, 5) is 4.14. The predicted molar refractivity (Wildman–Crippen MR) is 98.1 cm³/mol. The molecule has 0 atom stereocenters. The normalized spacial score (nSPS) is 10.8. The van der Waals surface area contributed by atoms with E-state index in [4.69, 9.17) is 9.47 Å². The van der Waals surface area contributed by atoms with Crippen LogP contribution < -0.4 is 14.9 Å². The molecule has 0 aliphatic carbocycles. The highest BCUT2D eigenvalue weighted by atomic mass is 16.5.